The number of hydrogen-bond donors (Lipinski definition) is 2. The molecule has 3 N–H and O–H groups in total. The molecule has 0 aliphatic carbocycles. The van der Waals surface area contributed by atoms with Gasteiger partial charge < -0.3 is 16.0 Å². The van der Waals surface area contributed by atoms with Gasteiger partial charge in [-0.1, -0.05) is 6.07 Å². The summed E-state index contributed by atoms with van der Waals surface area (Å²) in [6.45, 7) is 2.73. The third-order valence-electron chi connectivity index (χ3n) is 4.40. The summed E-state index contributed by atoms with van der Waals surface area (Å²) in [7, 11) is 0. The largest absolute Gasteiger partial charge is 0.348 e. The fourth-order valence-corrected chi connectivity index (χ4v) is 3.01. The summed E-state index contributed by atoms with van der Waals surface area (Å²) in [5.41, 5.74) is 6.73. The van der Waals surface area contributed by atoms with Crippen molar-refractivity contribution in [1.29, 1.82) is 0 Å². The van der Waals surface area contributed by atoms with Gasteiger partial charge >= 0.3 is 0 Å². The Kier molecular flexibility index (Phi) is 4.75. The van der Waals surface area contributed by atoms with Crippen molar-refractivity contribution in [1.82, 2.24) is 24.8 Å². The molecule has 0 aromatic carbocycles. The molecule has 2 atom stereocenters. The molecule has 8 nitrogen and oxygen atoms in total. The Balaban J connectivity index is 1.64. The highest BCUT2D eigenvalue weighted by Crippen LogP contribution is 2.16. The standard InChI is InChI=1S/C16H22N6O2/c1-11(23)21-9-12(5-6-13(17)10-21)16(24)18-8-15-20-19-14-4-2-3-7-22(14)15/h2-4,7,12-13H,5-6,8-10,17H2,1H3,(H,18,24)/t12-,13+/m1/s1. The lowest BCUT2D eigenvalue weighted by Crippen LogP contribution is -2.42. The Bertz CT molecular complexity index is 743. The van der Waals surface area contributed by atoms with E-state index in [4.69, 9.17) is 5.73 Å². The molecule has 0 saturated carbocycles. The molecule has 128 valence electrons. The summed E-state index contributed by atoms with van der Waals surface area (Å²) in [6, 6.07) is 5.55. The molecule has 2 aromatic heterocycles. The second-order valence-corrected chi connectivity index (χ2v) is 6.22. The summed E-state index contributed by atoms with van der Waals surface area (Å²) in [6.07, 6.45) is 3.27. The van der Waals surface area contributed by atoms with Crippen LogP contribution in [0.15, 0.2) is 24.4 Å². The average Bonchev–Trinajstić information content (AvgIpc) is 2.87. The normalized spacial score (nSPS) is 21.5. The first-order chi connectivity index (χ1) is 11.5. The van der Waals surface area contributed by atoms with Crippen LogP contribution in [0, 0.1) is 5.92 Å². The number of amides is 2. The number of rotatable bonds is 3. The Morgan fingerprint density at radius 3 is 2.92 bits per heavy atom. The van der Waals surface area contributed by atoms with Crippen molar-refractivity contribution in [2.24, 2.45) is 11.7 Å². The van der Waals surface area contributed by atoms with Gasteiger partial charge in [0.25, 0.3) is 0 Å². The fraction of sp³-hybridized carbons (Fsp3) is 0.500. The van der Waals surface area contributed by atoms with Gasteiger partial charge in [-0.05, 0) is 25.0 Å². The van der Waals surface area contributed by atoms with E-state index in [2.05, 4.69) is 15.5 Å². The third-order valence-corrected chi connectivity index (χ3v) is 4.40. The number of hydrogen-bond acceptors (Lipinski definition) is 5. The van der Waals surface area contributed by atoms with Crippen LogP contribution in [0.3, 0.4) is 0 Å². The molecule has 1 aliphatic rings. The van der Waals surface area contributed by atoms with Crippen LogP contribution in [0.1, 0.15) is 25.6 Å². The van der Waals surface area contributed by atoms with Crippen LogP contribution in [0.4, 0.5) is 0 Å². The molecule has 0 radical (unpaired) electrons. The summed E-state index contributed by atoms with van der Waals surface area (Å²) in [5.74, 6) is 0.297. The maximum atomic E-state index is 12.5. The van der Waals surface area contributed by atoms with Gasteiger partial charge in [0.2, 0.25) is 11.8 Å². The number of nitrogens with one attached hydrogen (secondary N) is 1. The lowest BCUT2D eigenvalue weighted by Gasteiger charge is -2.23. The van der Waals surface area contributed by atoms with Gasteiger partial charge in [-0.3, -0.25) is 14.0 Å². The zero-order valence-electron chi connectivity index (χ0n) is 13.7. The van der Waals surface area contributed by atoms with E-state index < -0.39 is 0 Å². The van der Waals surface area contributed by atoms with Gasteiger partial charge in [-0.25, -0.2) is 0 Å². The first kappa shape index (κ1) is 16.4. The molecule has 1 fully saturated rings. The first-order valence-corrected chi connectivity index (χ1v) is 8.12. The SMILES string of the molecule is CC(=O)N1C[C@@H](N)CC[C@@H](C(=O)NCc2nnc3ccccn23)C1. The summed E-state index contributed by atoms with van der Waals surface area (Å²) >= 11 is 0. The van der Waals surface area contributed by atoms with Crippen molar-refractivity contribution in [3.63, 3.8) is 0 Å². The summed E-state index contributed by atoms with van der Waals surface area (Å²) in [4.78, 5) is 25.8. The number of pyridine rings is 1. The molecule has 8 heteroatoms. The minimum Gasteiger partial charge on any atom is -0.348 e. The molecule has 3 heterocycles. The van der Waals surface area contributed by atoms with Crippen LogP contribution in [-0.4, -0.2) is 50.4 Å². The zero-order valence-corrected chi connectivity index (χ0v) is 13.7. The smallest absolute Gasteiger partial charge is 0.225 e. The molecular formula is C16H22N6O2. The molecular weight excluding hydrogens is 308 g/mol. The molecule has 0 unspecified atom stereocenters. The molecule has 2 aromatic rings. The first-order valence-electron chi connectivity index (χ1n) is 8.12. The molecule has 0 bridgehead atoms. The van der Waals surface area contributed by atoms with Gasteiger partial charge in [0.15, 0.2) is 11.5 Å². The number of likely N-dealkylation sites (tertiary alicyclic amines) is 1. The number of nitrogens with zero attached hydrogens (tertiary/aromatic N) is 4. The second-order valence-electron chi connectivity index (χ2n) is 6.22. The maximum absolute atomic E-state index is 12.5. The van der Waals surface area contributed by atoms with Gasteiger partial charge in [-0.2, -0.15) is 0 Å². The lowest BCUT2D eigenvalue weighted by molar-refractivity contribution is -0.131. The van der Waals surface area contributed by atoms with E-state index in [1.165, 1.54) is 6.92 Å². The van der Waals surface area contributed by atoms with Crippen LogP contribution < -0.4 is 11.1 Å². The number of carbonyl (C=O) groups excluding carboxylic acids is 2. The Morgan fingerprint density at radius 1 is 1.29 bits per heavy atom. The number of fused-ring (bicyclic) bond motifs is 1. The van der Waals surface area contributed by atoms with E-state index in [-0.39, 0.29) is 23.8 Å². The molecule has 1 saturated heterocycles. The maximum Gasteiger partial charge on any atom is 0.225 e. The highest BCUT2D eigenvalue weighted by Gasteiger charge is 2.28. The average molecular weight is 330 g/mol. The van der Waals surface area contributed by atoms with Gasteiger partial charge in [0.05, 0.1) is 12.5 Å². The van der Waals surface area contributed by atoms with E-state index in [1.54, 1.807) is 4.90 Å². The van der Waals surface area contributed by atoms with Crippen molar-refractivity contribution < 1.29 is 9.59 Å². The minimum absolute atomic E-state index is 0.0476. The van der Waals surface area contributed by atoms with E-state index >= 15 is 0 Å². The quantitative estimate of drug-likeness (QED) is 0.819. The highest BCUT2D eigenvalue weighted by molar-refractivity contribution is 5.80. The molecule has 1 aliphatic heterocycles. The predicted molar refractivity (Wildman–Crippen MR) is 87.8 cm³/mol. The Labute approximate surface area is 140 Å². The topological polar surface area (TPSA) is 106 Å². The van der Waals surface area contributed by atoms with Crippen LogP contribution in [-0.2, 0) is 16.1 Å². The van der Waals surface area contributed by atoms with Crippen molar-refractivity contribution in [3.8, 4) is 0 Å². The number of nitrogens with two attached hydrogens (primary N) is 1. The molecule has 24 heavy (non-hydrogen) atoms. The summed E-state index contributed by atoms with van der Waals surface area (Å²) < 4.78 is 1.84. The van der Waals surface area contributed by atoms with Crippen LogP contribution in [0.2, 0.25) is 0 Å². The van der Waals surface area contributed by atoms with Gasteiger partial charge in [0, 0.05) is 32.3 Å². The third kappa shape index (κ3) is 3.53. The zero-order chi connectivity index (χ0) is 17.1. The second kappa shape index (κ2) is 6.96. The van der Waals surface area contributed by atoms with Crippen molar-refractivity contribution in [2.75, 3.05) is 13.1 Å². The van der Waals surface area contributed by atoms with Crippen molar-refractivity contribution in [3.05, 3.63) is 30.2 Å². The Morgan fingerprint density at radius 2 is 2.12 bits per heavy atom. The van der Waals surface area contributed by atoms with E-state index in [0.717, 1.165) is 12.1 Å². The van der Waals surface area contributed by atoms with E-state index in [0.29, 0.717) is 31.9 Å². The highest BCUT2D eigenvalue weighted by atomic mass is 16.2. The van der Waals surface area contributed by atoms with Crippen LogP contribution in [0.5, 0.6) is 0 Å². The van der Waals surface area contributed by atoms with Crippen LogP contribution in [0.25, 0.3) is 5.65 Å². The molecule has 2 amide bonds. The monoisotopic (exact) mass is 330 g/mol. The van der Waals surface area contributed by atoms with Crippen molar-refractivity contribution >= 4 is 17.5 Å². The number of carbonyl (C=O) groups is 2. The fourth-order valence-electron chi connectivity index (χ4n) is 3.01. The van der Waals surface area contributed by atoms with Crippen molar-refractivity contribution in [2.45, 2.75) is 32.4 Å². The minimum atomic E-state index is -0.248. The molecule has 0 spiro atoms. The lowest BCUT2D eigenvalue weighted by atomic mass is 10.0. The summed E-state index contributed by atoms with van der Waals surface area (Å²) in [5, 5.41) is 11.1. The molecule has 3 rings (SSSR count). The van der Waals surface area contributed by atoms with E-state index in [1.807, 2.05) is 28.8 Å². The van der Waals surface area contributed by atoms with E-state index in [9.17, 15) is 9.59 Å². The van der Waals surface area contributed by atoms with Gasteiger partial charge in [0.1, 0.15) is 0 Å². The number of aromatic nitrogens is 3. The predicted octanol–water partition coefficient (Wildman–Crippen LogP) is -0.0687. The Hall–Kier alpha value is -2.48. The van der Waals surface area contributed by atoms with Crippen LogP contribution >= 0.6 is 0 Å². The van der Waals surface area contributed by atoms with Gasteiger partial charge in [-0.15, -0.1) is 10.2 Å².